The van der Waals surface area contributed by atoms with E-state index in [1.165, 1.54) is 0 Å². The molecule has 6 heteroatoms. The number of rotatable bonds is 4. The first-order chi connectivity index (χ1) is 12.0. The number of hydrogen-bond acceptors (Lipinski definition) is 4. The molecule has 0 saturated heterocycles. The van der Waals surface area contributed by atoms with Crippen molar-refractivity contribution in [1.29, 1.82) is 0 Å². The molecule has 2 rings (SSSR count). The van der Waals surface area contributed by atoms with Crippen molar-refractivity contribution < 1.29 is 19.5 Å². The average molecular weight is 340 g/mol. The number of nitrogens with zero attached hydrogens (tertiary/aromatic N) is 1. The molecular weight excluding hydrogens is 320 g/mol. The highest BCUT2D eigenvalue weighted by molar-refractivity contribution is 5.71. The molecule has 0 fully saturated rings. The normalized spacial score (nSPS) is 11.0. The molecule has 0 saturated carbocycles. The number of carbonyl (C=O) groups is 1. The zero-order chi connectivity index (χ0) is 18.4. The van der Waals surface area contributed by atoms with Gasteiger partial charge < -0.3 is 15.2 Å². The number of urea groups is 1. The van der Waals surface area contributed by atoms with Crippen molar-refractivity contribution in [3.8, 4) is 23.3 Å². The Morgan fingerprint density at radius 1 is 1.04 bits per heavy atom. The molecule has 0 bridgehead atoms. The molecule has 25 heavy (non-hydrogen) atoms. The smallest absolute Gasteiger partial charge is 0.339 e. The van der Waals surface area contributed by atoms with Gasteiger partial charge in [0.2, 0.25) is 0 Å². The molecule has 0 heterocycles. The zero-order valence-electron chi connectivity index (χ0n) is 14.3. The molecule has 0 aliphatic heterocycles. The van der Waals surface area contributed by atoms with Crippen molar-refractivity contribution in [2.24, 2.45) is 5.73 Å². The molecule has 6 nitrogen and oxygen atoms in total. The number of benzene rings is 2. The van der Waals surface area contributed by atoms with E-state index in [0.717, 1.165) is 16.7 Å². The van der Waals surface area contributed by atoms with Gasteiger partial charge in [-0.25, -0.2) is 4.79 Å². The lowest BCUT2D eigenvalue weighted by Crippen LogP contribution is -2.34. The predicted octanol–water partition coefficient (Wildman–Crippen LogP) is 2.93. The molecule has 0 radical (unpaired) electrons. The summed E-state index contributed by atoms with van der Waals surface area (Å²) >= 11 is 0. The van der Waals surface area contributed by atoms with Gasteiger partial charge in [0.25, 0.3) is 0 Å². The highest BCUT2D eigenvalue weighted by atomic mass is 16.5. The Hall–Kier alpha value is -3.17. The molecule has 0 aliphatic carbocycles. The van der Waals surface area contributed by atoms with Crippen LogP contribution in [0.3, 0.4) is 0 Å². The summed E-state index contributed by atoms with van der Waals surface area (Å²) in [5, 5.41) is 10.1. The van der Waals surface area contributed by atoms with Gasteiger partial charge in [0.15, 0.2) is 11.5 Å². The van der Waals surface area contributed by atoms with Crippen LogP contribution >= 0.6 is 0 Å². The van der Waals surface area contributed by atoms with E-state index in [1.54, 1.807) is 45.4 Å². The van der Waals surface area contributed by atoms with E-state index in [0.29, 0.717) is 16.6 Å². The first kappa shape index (κ1) is 18.2. The second kappa shape index (κ2) is 8.08. The first-order valence-corrected chi connectivity index (χ1v) is 7.57. The van der Waals surface area contributed by atoms with Crippen LogP contribution in [0.4, 0.5) is 4.79 Å². The summed E-state index contributed by atoms with van der Waals surface area (Å²) in [5.74, 6) is 7.38. The van der Waals surface area contributed by atoms with Crippen LogP contribution in [0, 0.1) is 11.8 Å². The quantitative estimate of drug-likeness (QED) is 0.509. The maximum absolute atomic E-state index is 11.0. The van der Waals surface area contributed by atoms with E-state index in [-0.39, 0.29) is 0 Å². The summed E-state index contributed by atoms with van der Waals surface area (Å²) in [5.41, 5.74) is 7.40. The molecule has 0 spiro atoms. The van der Waals surface area contributed by atoms with Crippen LogP contribution < -0.4 is 15.2 Å². The molecule has 130 valence electrons. The number of methoxy groups -OCH3 is 2. The van der Waals surface area contributed by atoms with Gasteiger partial charge >= 0.3 is 6.03 Å². The molecular formula is C19H20N2O4. The van der Waals surface area contributed by atoms with Gasteiger partial charge in [-0.15, -0.1) is 0 Å². The molecule has 2 amide bonds. The van der Waals surface area contributed by atoms with Crippen LogP contribution in [0.2, 0.25) is 0 Å². The third-order valence-corrected chi connectivity index (χ3v) is 3.72. The summed E-state index contributed by atoms with van der Waals surface area (Å²) in [6, 6.07) is 11.2. The Bertz CT molecular complexity index is 806. The predicted molar refractivity (Wildman–Crippen MR) is 93.6 cm³/mol. The Morgan fingerprint density at radius 2 is 1.60 bits per heavy atom. The summed E-state index contributed by atoms with van der Waals surface area (Å²) in [6.07, 6.45) is 0. The number of nitrogens with two attached hydrogens (primary N) is 1. The number of amides is 2. The number of primary amides is 1. The van der Waals surface area contributed by atoms with Crippen molar-refractivity contribution >= 4 is 6.03 Å². The van der Waals surface area contributed by atoms with Crippen LogP contribution in [0.5, 0.6) is 11.5 Å². The van der Waals surface area contributed by atoms with Crippen LogP contribution in [0.25, 0.3) is 0 Å². The second-order valence-electron chi connectivity index (χ2n) is 5.30. The first-order valence-electron chi connectivity index (χ1n) is 7.57. The van der Waals surface area contributed by atoms with E-state index in [2.05, 4.69) is 11.8 Å². The van der Waals surface area contributed by atoms with Crippen molar-refractivity contribution in [2.75, 3.05) is 14.2 Å². The lowest BCUT2D eigenvalue weighted by molar-refractivity contribution is -0.0709. The zero-order valence-corrected chi connectivity index (χ0v) is 14.3. The Kier molecular flexibility index (Phi) is 5.88. The van der Waals surface area contributed by atoms with Gasteiger partial charge in [-0.3, -0.25) is 5.21 Å². The number of ether oxygens (including phenoxy) is 2. The average Bonchev–Trinajstić information content (AvgIpc) is 2.65. The monoisotopic (exact) mass is 340 g/mol. The summed E-state index contributed by atoms with van der Waals surface area (Å²) in [4.78, 5) is 11.0. The summed E-state index contributed by atoms with van der Waals surface area (Å²) in [7, 11) is 3.16. The van der Waals surface area contributed by atoms with Crippen molar-refractivity contribution in [2.45, 2.75) is 13.0 Å². The molecule has 2 aromatic rings. The Labute approximate surface area is 146 Å². The molecule has 2 aromatic carbocycles. The fourth-order valence-corrected chi connectivity index (χ4v) is 2.24. The minimum atomic E-state index is -0.898. The van der Waals surface area contributed by atoms with Crippen LogP contribution in [-0.4, -0.2) is 30.5 Å². The largest absolute Gasteiger partial charge is 0.493 e. The third-order valence-electron chi connectivity index (χ3n) is 3.72. The third kappa shape index (κ3) is 4.43. The van der Waals surface area contributed by atoms with E-state index in [1.807, 2.05) is 18.2 Å². The SMILES string of the molecule is COc1ccc(C#Cc2ccc(C(C)N(O)C(N)=O)cc2)cc1OC. The fraction of sp³-hybridized carbons (Fsp3) is 0.211. The maximum atomic E-state index is 11.0. The van der Waals surface area contributed by atoms with Gasteiger partial charge in [-0.1, -0.05) is 24.0 Å². The van der Waals surface area contributed by atoms with E-state index in [9.17, 15) is 10.0 Å². The van der Waals surface area contributed by atoms with Crippen LogP contribution in [-0.2, 0) is 0 Å². The number of hydrogen-bond donors (Lipinski definition) is 2. The Morgan fingerprint density at radius 3 is 2.16 bits per heavy atom. The van der Waals surface area contributed by atoms with Gasteiger partial charge in [0.05, 0.1) is 20.3 Å². The van der Waals surface area contributed by atoms with Crippen molar-refractivity contribution in [1.82, 2.24) is 5.06 Å². The van der Waals surface area contributed by atoms with Crippen molar-refractivity contribution in [3.63, 3.8) is 0 Å². The highest BCUT2D eigenvalue weighted by Crippen LogP contribution is 2.27. The summed E-state index contributed by atoms with van der Waals surface area (Å²) < 4.78 is 10.4. The van der Waals surface area contributed by atoms with Crippen LogP contribution in [0.1, 0.15) is 29.7 Å². The Balaban J connectivity index is 2.17. The molecule has 3 N–H and O–H groups in total. The van der Waals surface area contributed by atoms with Crippen molar-refractivity contribution in [3.05, 3.63) is 59.2 Å². The minimum absolute atomic E-state index is 0.490. The lowest BCUT2D eigenvalue weighted by atomic mass is 10.1. The maximum Gasteiger partial charge on any atom is 0.339 e. The molecule has 0 aliphatic rings. The second-order valence-corrected chi connectivity index (χ2v) is 5.30. The molecule has 0 aromatic heterocycles. The van der Waals surface area contributed by atoms with E-state index >= 15 is 0 Å². The van der Waals surface area contributed by atoms with Crippen LogP contribution in [0.15, 0.2) is 42.5 Å². The molecule has 1 atom stereocenters. The topological polar surface area (TPSA) is 85.0 Å². The number of hydroxylamine groups is 2. The van der Waals surface area contributed by atoms with Gasteiger partial charge in [-0.2, -0.15) is 5.06 Å². The highest BCUT2D eigenvalue weighted by Gasteiger charge is 2.16. The van der Waals surface area contributed by atoms with E-state index in [4.69, 9.17) is 15.2 Å². The standard InChI is InChI=1S/C19H20N2O4/c1-13(21(23)19(20)22)16-9-6-14(7-10-16)4-5-15-8-11-17(24-2)18(12-15)25-3/h6-13,23H,1-3H3,(H2,20,22). The number of carbonyl (C=O) groups excluding carboxylic acids is 1. The lowest BCUT2D eigenvalue weighted by Gasteiger charge is -2.20. The fourth-order valence-electron chi connectivity index (χ4n) is 2.24. The minimum Gasteiger partial charge on any atom is -0.493 e. The van der Waals surface area contributed by atoms with Gasteiger partial charge in [0, 0.05) is 11.1 Å². The van der Waals surface area contributed by atoms with Gasteiger partial charge in [0.1, 0.15) is 0 Å². The molecule has 1 unspecified atom stereocenters. The summed E-state index contributed by atoms with van der Waals surface area (Å²) in [6.45, 7) is 1.68. The van der Waals surface area contributed by atoms with Gasteiger partial charge in [-0.05, 0) is 42.8 Å². The van der Waals surface area contributed by atoms with E-state index < -0.39 is 12.1 Å².